The van der Waals surface area contributed by atoms with E-state index < -0.39 is 29.3 Å². The first kappa shape index (κ1) is 19.1. The highest BCUT2D eigenvalue weighted by Crippen LogP contribution is 2.19. The van der Waals surface area contributed by atoms with E-state index in [1.165, 1.54) is 36.7 Å². The van der Waals surface area contributed by atoms with E-state index in [0.29, 0.717) is 5.56 Å². The number of esters is 2. The molecule has 0 saturated heterocycles. The number of aryl methyl sites for hydroxylation is 1. The zero-order valence-corrected chi connectivity index (χ0v) is 15.5. The van der Waals surface area contributed by atoms with Crippen LogP contribution in [0.3, 0.4) is 0 Å². The molecular formula is C18H18N4O6. The van der Waals surface area contributed by atoms with Gasteiger partial charge in [0, 0.05) is 19.7 Å². The number of ether oxygens (including phenoxy) is 2. The molecule has 0 saturated carbocycles. The first-order chi connectivity index (χ1) is 13.3. The summed E-state index contributed by atoms with van der Waals surface area (Å²) in [6.45, 7) is -0.371. The van der Waals surface area contributed by atoms with Gasteiger partial charge in [-0.2, -0.15) is 0 Å². The van der Waals surface area contributed by atoms with Gasteiger partial charge >= 0.3 is 17.6 Å². The summed E-state index contributed by atoms with van der Waals surface area (Å²) in [6.07, 6.45) is 0.0308. The van der Waals surface area contributed by atoms with Crippen LogP contribution >= 0.6 is 0 Å². The fraction of sp³-hybridized carbons (Fsp3) is 0.278. The number of carbonyl (C=O) groups excluding carboxylic acids is 2. The van der Waals surface area contributed by atoms with Crippen LogP contribution in [0.25, 0.3) is 11.2 Å². The van der Waals surface area contributed by atoms with Gasteiger partial charge in [0.05, 0.1) is 13.4 Å². The predicted octanol–water partition coefficient (Wildman–Crippen LogP) is -0.109. The van der Waals surface area contributed by atoms with Gasteiger partial charge in [0.25, 0.3) is 5.56 Å². The molecule has 10 heteroatoms. The quantitative estimate of drug-likeness (QED) is 0.562. The molecule has 3 rings (SSSR count). The first-order valence-corrected chi connectivity index (χ1v) is 8.28. The van der Waals surface area contributed by atoms with Crippen LogP contribution in [0.1, 0.15) is 11.7 Å². The highest BCUT2D eigenvalue weighted by molar-refractivity contribution is 5.81. The number of nitrogens with zero attached hydrogens (tertiary/aromatic N) is 4. The lowest BCUT2D eigenvalue weighted by Crippen LogP contribution is -2.37. The fourth-order valence-corrected chi connectivity index (χ4v) is 2.81. The Morgan fingerprint density at radius 3 is 2.43 bits per heavy atom. The molecule has 0 amide bonds. The number of hydrogen-bond donors (Lipinski definition) is 0. The molecule has 0 aliphatic rings. The lowest BCUT2D eigenvalue weighted by Gasteiger charge is -2.16. The van der Waals surface area contributed by atoms with E-state index in [-0.39, 0.29) is 17.7 Å². The van der Waals surface area contributed by atoms with Gasteiger partial charge < -0.3 is 14.0 Å². The minimum Gasteiger partial charge on any atom is -0.466 e. The normalized spacial score (nSPS) is 12.0. The molecule has 0 spiro atoms. The van der Waals surface area contributed by atoms with Gasteiger partial charge in [-0.3, -0.25) is 18.7 Å². The third kappa shape index (κ3) is 3.31. The number of benzene rings is 1. The molecule has 0 N–H and O–H groups in total. The minimum atomic E-state index is -1.24. The molecule has 28 heavy (non-hydrogen) atoms. The Morgan fingerprint density at radius 1 is 1.11 bits per heavy atom. The molecule has 1 aromatic carbocycles. The summed E-state index contributed by atoms with van der Waals surface area (Å²) in [5.41, 5.74) is -0.433. The largest absolute Gasteiger partial charge is 0.466 e. The summed E-state index contributed by atoms with van der Waals surface area (Å²) in [5.74, 6) is -1.50. The lowest BCUT2D eigenvalue weighted by atomic mass is 10.1. The predicted molar refractivity (Wildman–Crippen MR) is 97.5 cm³/mol. The van der Waals surface area contributed by atoms with Crippen molar-refractivity contribution in [3.63, 3.8) is 0 Å². The lowest BCUT2D eigenvalue weighted by molar-refractivity contribution is -0.167. The van der Waals surface area contributed by atoms with E-state index in [2.05, 4.69) is 4.98 Å². The summed E-state index contributed by atoms with van der Waals surface area (Å²) < 4.78 is 13.4. The van der Waals surface area contributed by atoms with E-state index in [0.717, 1.165) is 4.57 Å². The first-order valence-electron chi connectivity index (χ1n) is 8.28. The molecule has 1 unspecified atom stereocenters. The number of aromatic nitrogens is 4. The van der Waals surface area contributed by atoms with Crippen molar-refractivity contribution in [1.82, 2.24) is 18.7 Å². The van der Waals surface area contributed by atoms with Gasteiger partial charge in [0.1, 0.15) is 6.54 Å². The Labute approximate surface area is 158 Å². The van der Waals surface area contributed by atoms with Crippen molar-refractivity contribution in [3.05, 3.63) is 63.1 Å². The Hall–Kier alpha value is -3.69. The maximum atomic E-state index is 12.5. The number of methoxy groups -OCH3 is 1. The van der Waals surface area contributed by atoms with Crippen molar-refractivity contribution in [1.29, 1.82) is 0 Å². The number of imidazole rings is 1. The van der Waals surface area contributed by atoms with Crippen molar-refractivity contribution in [3.8, 4) is 0 Å². The molecule has 0 aliphatic heterocycles. The highest BCUT2D eigenvalue weighted by atomic mass is 16.6. The van der Waals surface area contributed by atoms with Crippen molar-refractivity contribution in [2.24, 2.45) is 14.1 Å². The maximum Gasteiger partial charge on any atom is 0.351 e. The van der Waals surface area contributed by atoms with Gasteiger partial charge in [-0.1, -0.05) is 30.3 Å². The van der Waals surface area contributed by atoms with E-state index in [9.17, 15) is 19.2 Å². The number of rotatable bonds is 5. The second-order valence-corrected chi connectivity index (χ2v) is 6.05. The maximum absolute atomic E-state index is 12.5. The standard InChI is InChI=1S/C18H18N4O6/c1-20-15-13(16(24)21(2)18(20)26)22(10-19-15)9-12(23)28-14(17(25)27-3)11-7-5-4-6-8-11/h4-8,10,14H,9H2,1-3H3. The van der Waals surface area contributed by atoms with E-state index in [1.807, 2.05) is 0 Å². The topological polar surface area (TPSA) is 114 Å². The van der Waals surface area contributed by atoms with E-state index >= 15 is 0 Å². The number of fused-ring (bicyclic) bond motifs is 1. The van der Waals surface area contributed by atoms with Gasteiger partial charge in [-0.25, -0.2) is 14.6 Å². The molecule has 0 fully saturated rings. The van der Waals surface area contributed by atoms with Crippen molar-refractivity contribution in [2.45, 2.75) is 12.6 Å². The SMILES string of the molecule is COC(=O)C(OC(=O)Cn1cnc2c1c(=O)n(C)c(=O)n2C)c1ccccc1. The van der Waals surface area contributed by atoms with E-state index in [4.69, 9.17) is 9.47 Å². The van der Waals surface area contributed by atoms with Gasteiger partial charge in [-0.15, -0.1) is 0 Å². The van der Waals surface area contributed by atoms with Crippen LogP contribution in [-0.4, -0.2) is 37.7 Å². The van der Waals surface area contributed by atoms with Crippen LogP contribution in [0.5, 0.6) is 0 Å². The Bertz CT molecular complexity index is 1160. The van der Waals surface area contributed by atoms with Crippen LogP contribution in [0, 0.1) is 0 Å². The molecule has 1 atom stereocenters. The van der Waals surface area contributed by atoms with Crippen molar-refractivity contribution in [2.75, 3.05) is 7.11 Å². The van der Waals surface area contributed by atoms with Gasteiger partial charge in [-0.05, 0) is 0 Å². The molecule has 0 aliphatic carbocycles. The highest BCUT2D eigenvalue weighted by Gasteiger charge is 2.26. The van der Waals surface area contributed by atoms with Crippen LogP contribution in [0.2, 0.25) is 0 Å². The fourth-order valence-electron chi connectivity index (χ4n) is 2.81. The number of hydrogen-bond acceptors (Lipinski definition) is 7. The summed E-state index contributed by atoms with van der Waals surface area (Å²) in [5, 5.41) is 0. The van der Waals surface area contributed by atoms with Gasteiger partial charge in [0.2, 0.25) is 6.10 Å². The molecule has 0 bridgehead atoms. The Balaban J connectivity index is 1.92. The Morgan fingerprint density at radius 2 is 1.79 bits per heavy atom. The van der Waals surface area contributed by atoms with Crippen LogP contribution in [0.4, 0.5) is 0 Å². The smallest absolute Gasteiger partial charge is 0.351 e. The zero-order chi connectivity index (χ0) is 20.4. The second-order valence-electron chi connectivity index (χ2n) is 6.05. The van der Waals surface area contributed by atoms with Crippen LogP contribution < -0.4 is 11.2 Å². The molecule has 0 radical (unpaired) electrons. The summed E-state index contributed by atoms with van der Waals surface area (Å²) in [6, 6.07) is 8.43. The van der Waals surface area contributed by atoms with Crippen molar-refractivity contribution < 1.29 is 19.1 Å². The molecule has 2 aromatic heterocycles. The van der Waals surface area contributed by atoms with Crippen LogP contribution in [-0.2, 0) is 39.7 Å². The molecule has 10 nitrogen and oxygen atoms in total. The molecule has 2 heterocycles. The van der Waals surface area contributed by atoms with Gasteiger partial charge in [0.15, 0.2) is 11.2 Å². The molecule has 3 aromatic rings. The summed E-state index contributed by atoms with van der Waals surface area (Å²) >= 11 is 0. The average Bonchev–Trinajstić information content (AvgIpc) is 3.12. The van der Waals surface area contributed by atoms with E-state index in [1.54, 1.807) is 30.3 Å². The monoisotopic (exact) mass is 386 g/mol. The molecular weight excluding hydrogens is 368 g/mol. The minimum absolute atomic E-state index is 0.0795. The summed E-state index contributed by atoms with van der Waals surface area (Å²) in [7, 11) is 4.00. The molecule has 146 valence electrons. The summed E-state index contributed by atoms with van der Waals surface area (Å²) in [4.78, 5) is 52.9. The third-order valence-electron chi connectivity index (χ3n) is 4.28. The number of carbonyl (C=O) groups is 2. The second kappa shape index (κ2) is 7.51. The third-order valence-corrected chi connectivity index (χ3v) is 4.28. The average molecular weight is 386 g/mol. The van der Waals surface area contributed by atoms with Crippen LogP contribution in [0.15, 0.2) is 46.2 Å². The Kier molecular flexibility index (Phi) is 5.12. The van der Waals surface area contributed by atoms with Crippen molar-refractivity contribution >= 4 is 23.1 Å². The zero-order valence-electron chi connectivity index (χ0n) is 15.5.